The number of nitrogens with two attached hydrogens (primary N) is 1. The topological polar surface area (TPSA) is 116 Å². The van der Waals surface area contributed by atoms with Crippen molar-refractivity contribution in [3.63, 3.8) is 0 Å². The fraction of sp³-hybridized carbons (Fsp3) is 0.143. The molecule has 0 radical (unpaired) electrons. The van der Waals surface area contributed by atoms with E-state index in [0.717, 1.165) is 27.8 Å². The number of nitriles is 2. The molecule has 0 unspecified atom stereocenters. The molecule has 29 heavy (non-hydrogen) atoms. The number of amides is 1. The molecule has 3 aromatic rings. The van der Waals surface area contributed by atoms with E-state index < -0.39 is 0 Å². The minimum Gasteiger partial charge on any atom is -0.383 e. The largest absolute Gasteiger partial charge is 0.383 e. The van der Waals surface area contributed by atoms with Crippen LogP contribution in [0.2, 0.25) is 0 Å². The molecule has 0 aliphatic rings. The van der Waals surface area contributed by atoms with Crippen molar-refractivity contribution < 1.29 is 4.79 Å². The van der Waals surface area contributed by atoms with E-state index >= 15 is 0 Å². The molecule has 2 heterocycles. The number of nitrogens with zero attached hydrogens (tertiary/aromatic N) is 3. The first-order valence-corrected chi connectivity index (χ1v) is 10.5. The standard InChI is InChI=1S/C21H17N5OS2/c1-12-5-6-14(8-13(12)2)25-18(27)11-29-21-16(10-23)19(17-4-3-7-28-17)15(9-22)20(24)26-21/h3-8H,11H2,1-2H3,(H2,24,26)(H,25,27). The molecular formula is C21H17N5OS2. The Hall–Kier alpha value is -3.33. The Morgan fingerprint density at radius 2 is 1.97 bits per heavy atom. The first-order valence-electron chi connectivity index (χ1n) is 8.62. The molecule has 0 aliphatic carbocycles. The molecule has 0 bridgehead atoms. The second kappa shape index (κ2) is 8.78. The minimum atomic E-state index is -0.218. The van der Waals surface area contributed by atoms with E-state index in [1.165, 1.54) is 11.3 Å². The van der Waals surface area contributed by atoms with Crippen LogP contribution in [0.1, 0.15) is 22.3 Å². The molecule has 0 saturated heterocycles. The molecule has 8 heteroatoms. The number of aromatic nitrogens is 1. The number of carbonyl (C=O) groups is 1. The van der Waals surface area contributed by atoms with Crippen molar-refractivity contribution in [3.05, 3.63) is 58.0 Å². The van der Waals surface area contributed by atoms with Crippen LogP contribution in [0.3, 0.4) is 0 Å². The van der Waals surface area contributed by atoms with Crippen LogP contribution in [-0.4, -0.2) is 16.6 Å². The SMILES string of the molecule is Cc1ccc(NC(=O)CSc2nc(N)c(C#N)c(-c3cccs3)c2C#N)cc1C. The zero-order chi connectivity index (χ0) is 21.0. The highest BCUT2D eigenvalue weighted by atomic mass is 32.2. The van der Waals surface area contributed by atoms with Gasteiger partial charge in [0.1, 0.15) is 28.5 Å². The highest BCUT2D eigenvalue weighted by Gasteiger charge is 2.21. The van der Waals surface area contributed by atoms with Crippen LogP contribution < -0.4 is 11.1 Å². The van der Waals surface area contributed by atoms with E-state index in [1.807, 2.05) is 55.6 Å². The summed E-state index contributed by atoms with van der Waals surface area (Å²) >= 11 is 2.53. The van der Waals surface area contributed by atoms with E-state index in [-0.39, 0.29) is 28.6 Å². The Kier molecular flexibility index (Phi) is 6.18. The average Bonchev–Trinajstić information content (AvgIpc) is 3.23. The summed E-state index contributed by atoms with van der Waals surface area (Å²) in [6.07, 6.45) is 0. The van der Waals surface area contributed by atoms with Crippen LogP contribution in [0.4, 0.5) is 11.5 Å². The summed E-state index contributed by atoms with van der Waals surface area (Å²) in [6.45, 7) is 3.99. The van der Waals surface area contributed by atoms with Crippen LogP contribution in [0.25, 0.3) is 10.4 Å². The average molecular weight is 420 g/mol. The molecule has 1 aromatic carbocycles. The van der Waals surface area contributed by atoms with Gasteiger partial charge in [0.2, 0.25) is 5.91 Å². The first kappa shape index (κ1) is 20.4. The maximum Gasteiger partial charge on any atom is 0.234 e. The molecule has 1 amide bonds. The van der Waals surface area contributed by atoms with E-state index in [1.54, 1.807) is 0 Å². The Balaban J connectivity index is 1.86. The molecule has 3 rings (SSSR count). The van der Waals surface area contributed by atoms with Gasteiger partial charge in [0.25, 0.3) is 0 Å². The van der Waals surface area contributed by atoms with Crippen molar-refractivity contribution in [1.29, 1.82) is 10.5 Å². The number of rotatable bonds is 5. The Morgan fingerprint density at radius 1 is 1.21 bits per heavy atom. The van der Waals surface area contributed by atoms with Crippen LogP contribution >= 0.6 is 23.1 Å². The van der Waals surface area contributed by atoms with Crippen molar-refractivity contribution >= 4 is 40.5 Å². The molecule has 2 aromatic heterocycles. The molecule has 0 saturated carbocycles. The molecule has 3 N–H and O–H groups in total. The lowest BCUT2D eigenvalue weighted by molar-refractivity contribution is -0.113. The van der Waals surface area contributed by atoms with Crippen molar-refractivity contribution in [3.8, 4) is 22.6 Å². The van der Waals surface area contributed by atoms with Crippen molar-refractivity contribution in [2.24, 2.45) is 0 Å². The van der Waals surface area contributed by atoms with Crippen molar-refractivity contribution in [2.75, 3.05) is 16.8 Å². The number of thioether (sulfide) groups is 1. The molecule has 0 fully saturated rings. The second-order valence-corrected chi connectivity index (χ2v) is 8.18. The van der Waals surface area contributed by atoms with Crippen LogP contribution in [0.5, 0.6) is 0 Å². The lowest BCUT2D eigenvalue weighted by Gasteiger charge is -2.12. The summed E-state index contributed by atoms with van der Waals surface area (Å²) in [5.74, 6) is -0.111. The number of carbonyl (C=O) groups excluding carboxylic acids is 1. The summed E-state index contributed by atoms with van der Waals surface area (Å²) in [4.78, 5) is 17.3. The zero-order valence-electron chi connectivity index (χ0n) is 15.8. The molecule has 6 nitrogen and oxygen atoms in total. The molecule has 0 atom stereocenters. The Labute approximate surface area is 177 Å². The van der Waals surface area contributed by atoms with Gasteiger partial charge in [-0.05, 0) is 48.6 Å². The number of anilines is 2. The van der Waals surface area contributed by atoms with Crippen LogP contribution in [-0.2, 0) is 4.79 Å². The monoisotopic (exact) mass is 419 g/mol. The number of hydrogen-bond acceptors (Lipinski definition) is 7. The third-order valence-electron chi connectivity index (χ3n) is 4.31. The zero-order valence-corrected chi connectivity index (χ0v) is 17.4. The summed E-state index contributed by atoms with van der Waals surface area (Å²) < 4.78 is 0. The van der Waals surface area contributed by atoms with Gasteiger partial charge in [-0.2, -0.15) is 10.5 Å². The maximum absolute atomic E-state index is 12.4. The van der Waals surface area contributed by atoms with E-state index in [0.29, 0.717) is 16.3 Å². The number of thiophene rings is 1. The maximum atomic E-state index is 12.4. The predicted octanol–water partition coefficient (Wildman–Crippen LogP) is 4.48. The van der Waals surface area contributed by atoms with Gasteiger partial charge >= 0.3 is 0 Å². The van der Waals surface area contributed by atoms with E-state index in [9.17, 15) is 15.3 Å². The number of hydrogen-bond donors (Lipinski definition) is 2. The third kappa shape index (κ3) is 4.40. The second-order valence-electron chi connectivity index (χ2n) is 6.26. The minimum absolute atomic E-state index is 0.0481. The highest BCUT2D eigenvalue weighted by Crippen LogP contribution is 2.37. The lowest BCUT2D eigenvalue weighted by atomic mass is 10.0. The highest BCUT2D eigenvalue weighted by molar-refractivity contribution is 8.00. The first-order chi connectivity index (χ1) is 13.9. The van der Waals surface area contributed by atoms with Gasteiger partial charge in [-0.3, -0.25) is 4.79 Å². The van der Waals surface area contributed by atoms with Crippen molar-refractivity contribution in [1.82, 2.24) is 4.98 Å². The van der Waals surface area contributed by atoms with Gasteiger partial charge in [-0.1, -0.05) is 23.9 Å². The number of pyridine rings is 1. The number of benzene rings is 1. The lowest BCUT2D eigenvalue weighted by Crippen LogP contribution is -2.14. The van der Waals surface area contributed by atoms with Gasteiger partial charge in [0.15, 0.2) is 0 Å². The summed E-state index contributed by atoms with van der Waals surface area (Å²) in [5, 5.41) is 24.2. The molecular weight excluding hydrogens is 402 g/mol. The summed E-state index contributed by atoms with van der Waals surface area (Å²) in [7, 11) is 0. The van der Waals surface area contributed by atoms with Gasteiger partial charge in [-0.15, -0.1) is 11.3 Å². The fourth-order valence-electron chi connectivity index (χ4n) is 2.72. The molecule has 144 valence electrons. The quantitative estimate of drug-likeness (QED) is 0.589. The van der Waals surface area contributed by atoms with Crippen molar-refractivity contribution in [2.45, 2.75) is 18.9 Å². The van der Waals surface area contributed by atoms with Crippen LogP contribution in [0.15, 0.2) is 40.7 Å². The number of nitrogens with one attached hydrogen (secondary N) is 1. The fourth-order valence-corrected chi connectivity index (χ4v) is 4.30. The third-order valence-corrected chi connectivity index (χ3v) is 6.18. The predicted molar refractivity (Wildman–Crippen MR) is 117 cm³/mol. The van der Waals surface area contributed by atoms with E-state index in [4.69, 9.17) is 5.73 Å². The smallest absolute Gasteiger partial charge is 0.234 e. The summed E-state index contributed by atoms with van der Waals surface area (Å²) in [6, 6.07) is 13.5. The van der Waals surface area contributed by atoms with Gasteiger partial charge in [-0.25, -0.2) is 4.98 Å². The Morgan fingerprint density at radius 3 is 2.59 bits per heavy atom. The van der Waals surface area contributed by atoms with Gasteiger partial charge in [0.05, 0.1) is 11.3 Å². The number of nitrogen functional groups attached to an aromatic ring is 1. The molecule has 0 spiro atoms. The Bertz CT molecular complexity index is 1160. The normalized spacial score (nSPS) is 10.2. The molecule has 0 aliphatic heterocycles. The van der Waals surface area contributed by atoms with Crippen LogP contribution in [0, 0.1) is 36.5 Å². The van der Waals surface area contributed by atoms with Gasteiger partial charge < -0.3 is 11.1 Å². The summed E-state index contributed by atoms with van der Waals surface area (Å²) in [5.41, 5.74) is 9.81. The van der Waals surface area contributed by atoms with Gasteiger partial charge in [0, 0.05) is 16.1 Å². The number of aryl methyl sites for hydroxylation is 2. The van der Waals surface area contributed by atoms with E-state index in [2.05, 4.69) is 16.4 Å².